The second-order valence-corrected chi connectivity index (χ2v) is 6.13. The van der Waals surface area contributed by atoms with Gasteiger partial charge in [-0.15, -0.1) is 0 Å². The van der Waals surface area contributed by atoms with Crippen LogP contribution in [0.4, 0.5) is 5.95 Å². The fraction of sp³-hybridized carbons (Fsp3) is 0.188. The number of hydrogen-bond donors (Lipinski definition) is 2. The van der Waals surface area contributed by atoms with Crippen molar-refractivity contribution in [3.8, 4) is 11.5 Å². The Kier molecular flexibility index (Phi) is 4.37. The summed E-state index contributed by atoms with van der Waals surface area (Å²) in [5, 5.41) is 12.6. The number of carboxylic acids is 1. The largest absolute Gasteiger partial charge is 0.476 e. The number of aromatic carboxylic acids is 1. The summed E-state index contributed by atoms with van der Waals surface area (Å²) in [6, 6.07) is 3.52. The summed E-state index contributed by atoms with van der Waals surface area (Å²) in [7, 11) is 0. The number of halogens is 1. The second kappa shape index (κ2) is 6.48. The molecule has 0 saturated carbocycles. The van der Waals surface area contributed by atoms with Gasteiger partial charge < -0.3 is 14.8 Å². The van der Waals surface area contributed by atoms with E-state index in [2.05, 4.69) is 25.3 Å². The topological polar surface area (TPSA) is 114 Å². The van der Waals surface area contributed by atoms with Crippen molar-refractivity contribution in [2.75, 3.05) is 5.32 Å². The normalized spacial score (nSPS) is 11.3. The molecule has 0 aromatic carbocycles. The molecule has 0 fully saturated rings. The van der Waals surface area contributed by atoms with Gasteiger partial charge in [-0.25, -0.2) is 19.7 Å². The van der Waals surface area contributed by atoms with Crippen molar-refractivity contribution in [2.45, 2.75) is 19.4 Å². The molecule has 0 aliphatic carbocycles. The minimum absolute atomic E-state index is 0.135. The number of oxazole rings is 1. The molecule has 8 nitrogen and oxygen atoms in total. The van der Waals surface area contributed by atoms with Crippen LogP contribution in [-0.4, -0.2) is 31.0 Å². The molecule has 3 heterocycles. The van der Waals surface area contributed by atoms with E-state index in [9.17, 15) is 4.79 Å². The van der Waals surface area contributed by atoms with Crippen molar-refractivity contribution in [1.29, 1.82) is 0 Å². The Morgan fingerprint density at radius 2 is 2.00 bits per heavy atom. The molecule has 2 N–H and O–H groups in total. The maximum atomic E-state index is 10.8. The predicted molar refractivity (Wildman–Crippen MR) is 90.4 cm³/mol. The van der Waals surface area contributed by atoms with Crippen LogP contribution in [0, 0.1) is 0 Å². The van der Waals surface area contributed by atoms with Gasteiger partial charge in [0.25, 0.3) is 0 Å². The SMILES string of the molecule is CC(C)(Nc1ncc(-c2nc(C(=O)O)co2)cn1)c1ncccc1Cl. The monoisotopic (exact) mass is 359 g/mol. The lowest BCUT2D eigenvalue weighted by molar-refractivity contribution is 0.0690. The maximum Gasteiger partial charge on any atom is 0.357 e. The van der Waals surface area contributed by atoms with Crippen LogP contribution in [0.1, 0.15) is 30.0 Å². The third-order valence-electron chi connectivity index (χ3n) is 3.40. The number of hydrogen-bond acceptors (Lipinski definition) is 7. The van der Waals surface area contributed by atoms with Crippen LogP contribution in [0.5, 0.6) is 0 Å². The van der Waals surface area contributed by atoms with Gasteiger partial charge in [0.05, 0.1) is 21.8 Å². The lowest BCUT2D eigenvalue weighted by Crippen LogP contribution is -2.30. The Hall–Kier alpha value is -3.00. The summed E-state index contributed by atoms with van der Waals surface area (Å²) in [6.45, 7) is 3.82. The number of nitrogens with zero attached hydrogens (tertiary/aromatic N) is 4. The molecule has 0 amide bonds. The maximum absolute atomic E-state index is 10.8. The second-order valence-electron chi connectivity index (χ2n) is 5.72. The standard InChI is InChI=1S/C16H14ClN5O3/c1-16(2,12-10(17)4-3-5-18-12)22-15-19-6-9(7-20-15)13-21-11(8-25-13)14(23)24/h3-8H,1-2H3,(H,23,24)(H,19,20,22). The molecular formula is C16H14ClN5O3. The van der Waals surface area contributed by atoms with Gasteiger partial charge in [0, 0.05) is 18.6 Å². The Morgan fingerprint density at radius 3 is 2.60 bits per heavy atom. The zero-order valence-electron chi connectivity index (χ0n) is 13.4. The number of carboxylic acid groups (broad SMARTS) is 1. The van der Waals surface area contributed by atoms with Crippen LogP contribution in [0.25, 0.3) is 11.5 Å². The Labute approximate surface area is 147 Å². The van der Waals surface area contributed by atoms with Crippen molar-refractivity contribution in [3.05, 3.63) is 53.4 Å². The number of nitrogens with one attached hydrogen (secondary N) is 1. The molecule has 0 saturated heterocycles. The number of carbonyl (C=O) groups is 1. The third-order valence-corrected chi connectivity index (χ3v) is 3.70. The fourth-order valence-corrected chi connectivity index (χ4v) is 2.55. The van der Waals surface area contributed by atoms with Crippen molar-refractivity contribution < 1.29 is 14.3 Å². The molecule has 0 aliphatic rings. The lowest BCUT2D eigenvalue weighted by atomic mass is 10.00. The molecule has 0 aliphatic heterocycles. The van der Waals surface area contributed by atoms with E-state index in [1.54, 1.807) is 18.3 Å². The first-order chi connectivity index (χ1) is 11.9. The molecular weight excluding hydrogens is 346 g/mol. The van der Waals surface area contributed by atoms with Crippen LogP contribution < -0.4 is 5.32 Å². The van der Waals surface area contributed by atoms with Crippen LogP contribution in [0.2, 0.25) is 5.02 Å². The predicted octanol–water partition coefficient (Wildman–Crippen LogP) is 3.23. The summed E-state index contributed by atoms with van der Waals surface area (Å²) in [4.78, 5) is 27.4. The van der Waals surface area contributed by atoms with E-state index in [-0.39, 0.29) is 11.6 Å². The number of rotatable bonds is 5. The summed E-state index contributed by atoms with van der Waals surface area (Å²) < 4.78 is 5.12. The van der Waals surface area contributed by atoms with Crippen LogP contribution in [0.3, 0.4) is 0 Å². The molecule has 0 spiro atoms. The van der Waals surface area contributed by atoms with E-state index in [1.165, 1.54) is 12.4 Å². The molecule has 3 rings (SSSR count). The highest BCUT2D eigenvalue weighted by Gasteiger charge is 2.25. The van der Waals surface area contributed by atoms with Gasteiger partial charge >= 0.3 is 5.97 Å². The van der Waals surface area contributed by atoms with Gasteiger partial charge in [-0.1, -0.05) is 11.6 Å². The van der Waals surface area contributed by atoms with Crippen LogP contribution in [0.15, 0.2) is 41.4 Å². The summed E-state index contributed by atoms with van der Waals surface area (Å²) in [5.41, 5.74) is 0.359. The van der Waals surface area contributed by atoms with E-state index in [0.717, 1.165) is 6.26 Å². The van der Waals surface area contributed by atoms with E-state index >= 15 is 0 Å². The van der Waals surface area contributed by atoms with E-state index in [4.69, 9.17) is 21.1 Å². The average molecular weight is 360 g/mol. The summed E-state index contributed by atoms with van der Waals surface area (Å²) in [5.74, 6) is -0.667. The molecule has 0 bridgehead atoms. The highest BCUT2D eigenvalue weighted by Crippen LogP contribution is 2.28. The average Bonchev–Trinajstić information content (AvgIpc) is 3.06. The molecule has 25 heavy (non-hydrogen) atoms. The first-order valence-corrected chi connectivity index (χ1v) is 7.65. The third kappa shape index (κ3) is 3.58. The fourth-order valence-electron chi connectivity index (χ4n) is 2.19. The van der Waals surface area contributed by atoms with Gasteiger partial charge in [-0.2, -0.15) is 0 Å². The van der Waals surface area contributed by atoms with Crippen molar-refractivity contribution in [2.24, 2.45) is 0 Å². The zero-order valence-corrected chi connectivity index (χ0v) is 14.2. The van der Waals surface area contributed by atoms with Gasteiger partial charge in [-0.05, 0) is 26.0 Å². The van der Waals surface area contributed by atoms with Crippen LogP contribution >= 0.6 is 11.6 Å². The number of anilines is 1. The first-order valence-electron chi connectivity index (χ1n) is 7.27. The van der Waals surface area contributed by atoms with Gasteiger partial charge in [-0.3, -0.25) is 4.98 Å². The molecule has 3 aromatic heterocycles. The van der Waals surface area contributed by atoms with Gasteiger partial charge in [0.15, 0.2) is 5.69 Å². The van der Waals surface area contributed by atoms with E-state index < -0.39 is 11.5 Å². The van der Waals surface area contributed by atoms with E-state index in [0.29, 0.717) is 22.2 Å². The quantitative estimate of drug-likeness (QED) is 0.713. The molecule has 128 valence electrons. The molecule has 0 atom stereocenters. The smallest absolute Gasteiger partial charge is 0.357 e. The zero-order chi connectivity index (χ0) is 18.0. The van der Waals surface area contributed by atoms with Crippen LogP contribution in [-0.2, 0) is 5.54 Å². The number of aromatic nitrogens is 4. The van der Waals surface area contributed by atoms with Gasteiger partial charge in [0.2, 0.25) is 11.8 Å². The lowest BCUT2D eigenvalue weighted by Gasteiger charge is -2.26. The Morgan fingerprint density at radius 1 is 1.28 bits per heavy atom. The van der Waals surface area contributed by atoms with Crippen molar-refractivity contribution in [3.63, 3.8) is 0 Å². The minimum atomic E-state index is -1.16. The highest BCUT2D eigenvalue weighted by atomic mass is 35.5. The molecule has 0 radical (unpaired) electrons. The molecule has 3 aromatic rings. The highest BCUT2D eigenvalue weighted by molar-refractivity contribution is 6.31. The first kappa shape index (κ1) is 16.8. The van der Waals surface area contributed by atoms with E-state index in [1.807, 2.05) is 13.8 Å². The Bertz CT molecular complexity index is 908. The molecule has 0 unspecified atom stereocenters. The van der Waals surface area contributed by atoms with Gasteiger partial charge in [0.1, 0.15) is 6.26 Å². The Balaban J connectivity index is 1.80. The van der Waals surface area contributed by atoms with Crippen molar-refractivity contribution >= 4 is 23.5 Å². The van der Waals surface area contributed by atoms with Crippen molar-refractivity contribution in [1.82, 2.24) is 19.9 Å². The summed E-state index contributed by atoms with van der Waals surface area (Å²) >= 11 is 6.20. The minimum Gasteiger partial charge on any atom is -0.476 e. The summed E-state index contributed by atoms with van der Waals surface area (Å²) in [6.07, 6.45) is 5.71. The molecule has 9 heteroatoms. The number of pyridine rings is 1.